The summed E-state index contributed by atoms with van der Waals surface area (Å²) in [7, 11) is -3.59. The van der Waals surface area contributed by atoms with Crippen LogP contribution in [0.4, 0.5) is 0 Å². The molecular weight excluding hydrogens is 379 g/mol. The van der Waals surface area contributed by atoms with Crippen molar-refractivity contribution in [2.24, 2.45) is 5.41 Å². The Morgan fingerprint density at radius 1 is 1.28 bits per heavy atom. The smallest absolute Gasteiger partial charge is 0.342 e. The van der Waals surface area contributed by atoms with Gasteiger partial charge in [0.1, 0.15) is 10.7 Å². The fourth-order valence-electron chi connectivity index (χ4n) is 2.47. The number of thioether (sulfide) groups is 1. The number of hydrogen-bond acceptors (Lipinski definition) is 7. The van der Waals surface area contributed by atoms with E-state index in [1.54, 1.807) is 29.7 Å². The largest absolute Gasteiger partial charge is 0.391 e. The van der Waals surface area contributed by atoms with E-state index in [1.807, 2.05) is 39.3 Å². The van der Waals surface area contributed by atoms with Crippen LogP contribution in [-0.4, -0.2) is 46.1 Å². The fourth-order valence-corrected chi connectivity index (χ4v) is 6.07. The third-order valence-corrected chi connectivity index (χ3v) is 8.23. The van der Waals surface area contributed by atoms with Gasteiger partial charge in [0.25, 0.3) is 0 Å². The van der Waals surface area contributed by atoms with Crippen LogP contribution in [0.2, 0.25) is 0 Å². The minimum atomic E-state index is -3.59. The topological polar surface area (TPSA) is 73.6 Å². The predicted molar refractivity (Wildman–Crippen MR) is 107 cm³/mol. The molecule has 25 heavy (non-hydrogen) atoms. The van der Waals surface area contributed by atoms with Gasteiger partial charge >= 0.3 is 7.60 Å². The van der Waals surface area contributed by atoms with Crippen molar-refractivity contribution < 1.29 is 18.7 Å². The van der Waals surface area contributed by atoms with Crippen molar-refractivity contribution in [1.29, 1.82) is 0 Å². The summed E-state index contributed by atoms with van der Waals surface area (Å²) in [6.45, 7) is 9.93. The molecule has 9 heteroatoms. The van der Waals surface area contributed by atoms with Gasteiger partial charge in [-0.3, -0.25) is 4.57 Å². The van der Waals surface area contributed by atoms with Gasteiger partial charge in [-0.05, 0) is 50.0 Å². The van der Waals surface area contributed by atoms with Crippen LogP contribution >= 0.6 is 31.3 Å². The lowest BCUT2D eigenvalue weighted by Crippen LogP contribution is -2.35. The summed E-state index contributed by atoms with van der Waals surface area (Å²) in [6.07, 6.45) is 3.69. The first-order valence-corrected chi connectivity index (χ1v) is 12.5. The van der Waals surface area contributed by atoms with Crippen molar-refractivity contribution in [2.45, 2.75) is 57.8 Å². The average Bonchev–Trinajstić information content (AvgIpc) is 2.98. The summed E-state index contributed by atoms with van der Waals surface area (Å²) in [6, 6.07) is 1.87. The Morgan fingerprint density at radius 3 is 2.20 bits per heavy atom. The number of nitrogens with zero attached hydrogens (tertiary/aromatic N) is 2. The molecule has 1 aromatic rings. The van der Waals surface area contributed by atoms with Gasteiger partial charge in [0.05, 0.1) is 25.0 Å². The molecule has 1 aromatic heterocycles. The molecule has 0 saturated carbocycles. The lowest BCUT2D eigenvalue weighted by atomic mass is 9.81. The first kappa shape index (κ1) is 23.1. The zero-order valence-corrected chi connectivity index (χ0v) is 18.7. The highest BCUT2D eigenvalue weighted by atomic mass is 32.2. The van der Waals surface area contributed by atoms with Crippen molar-refractivity contribution in [3.63, 3.8) is 0 Å². The van der Waals surface area contributed by atoms with Crippen LogP contribution < -0.4 is 0 Å². The minimum absolute atomic E-state index is 0.242. The van der Waals surface area contributed by atoms with E-state index in [4.69, 9.17) is 9.05 Å². The van der Waals surface area contributed by atoms with Gasteiger partial charge in [-0.1, -0.05) is 20.8 Å². The van der Waals surface area contributed by atoms with Crippen molar-refractivity contribution in [3.05, 3.63) is 11.8 Å². The number of aliphatic hydroxyl groups is 1. The van der Waals surface area contributed by atoms with E-state index >= 15 is 0 Å². The molecule has 0 aromatic carbocycles. The van der Waals surface area contributed by atoms with E-state index in [9.17, 15) is 9.67 Å². The van der Waals surface area contributed by atoms with Crippen molar-refractivity contribution in [3.8, 4) is 0 Å². The third-order valence-electron chi connectivity index (χ3n) is 4.32. The first-order valence-electron chi connectivity index (χ1n) is 8.45. The van der Waals surface area contributed by atoms with E-state index in [0.717, 1.165) is 11.4 Å². The molecule has 2 atom stereocenters. The number of rotatable bonds is 11. The van der Waals surface area contributed by atoms with Gasteiger partial charge in [0, 0.05) is 6.26 Å². The second-order valence-corrected chi connectivity index (χ2v) is 9.96. The fraction of sp³-hybridized carbons (Fsp3) is 0.812. The average molecular weight is 411 g/mol. The molecule has 0 aliphatic rings. The summed E-state index contributed by atoms with van der Waals surface area (Å²) in [5, 5.41) is 16.6. The quantitative estimate of drug-likeness (QED) is 0.413. The van der Waals surface area contributed by atoms with Gasteiger partial charge in [0.15, 0.2) is 0 Å². The molecule has 6 nitrogen and oxygen atoms in total. The Balaban J connectivity index is 3.51. The van der Waals surface area contributed by atoms with Crippen molar-refractivity contribution in [2.75, 3.05) is 25.7 Å². The van der Waals surface area contributed by atoms with Crippen molar-refractivity contribution >= 4 is 31.3 Å². The van der Waals surface area contributed by atoms with Crippen LogP contribution in [0.1, 0.15) is 52.4 Å². The molecule has 146 valence electrons. The van der Waals surface area contributed by atoms with E-state index in [2.05, 4.69) is 5.10 Å². The first-order chi connectivity index (χ1) is 11.7. The predicted octanol–water partition coefficient (Wildman–Crippen LogP) is 4.84. The van der Waals surface area contributed by atoms with Gasteiger partial charge in [-0.25, -0.2) is 4.09 Å². The molecule has 0 radical (unpaired) electrons. The Kier molecular flexibility index (Phi) is 9.05. The van der Waals surface area contributed by atoms with Crippen LogP contribution in [0.15, 0.2) is 11.1 Å². The molecule has 0 unspecified atom stereocenters. The summed E-state index contributed by atoms with van der Waals surface area (Å²) in [5.41, 5.74) is -0.753. The van der Waals surface area contributed by atoms with Gasteiger partial charge in [-0.2, -0.15) is 5.10 Å². The number of aromatic nitrogens is 2. The monoisotopic (exact) mass is 410 g/mol. The van der Waals surface area contributed by atoms with Gasteiger partial charge in [-0.15, -0.1) is 11.8 Å². The van der Waals surface area contributed by atoms with Crippen LogP contribution in [0.25, 0.3) is 0 Å². The molecule has 1 rings (SSSR count). The highest BCUT2D eigenvalue weighted by Crippen LogP contribution is 2.64. The number of hydrogen-bond donors (Lipinski definition) is 1. The standard InChI is InChI=1S/C16H31N2O4PS2/c1-8-16(4,5)15(19)14(23(20,21-9-2)22-10-3)12-11-13(24-6)18(17-12)25-7/h11,14-15,19H,8-10H2,1-7H3/t14-,15+/m1/s1. The SMILES string of the molecule is CCOP(=O)(OCC)[C@H](c1cc(SC)n(SC)n1)[C@H](O)C(C)(C)CC. The van der Waals surface area contributed by atoms with E-state index in [1.165, 1.54) is 11.9 Å². The maximum Gasteiger partial charge on any atom is 0.342 e. The minimum Gasteiger partial charge on any atom is -0.391 e. The summed E-state index contributed by atoms with van der Waals surface area (Å²) < 4.78 is 26.5. The zero-order valence-electron chi connectivity index (χ0n) is 16.2. The molecular formula is C16H31N2O4PS2. The number of aliphatic hydroxyl groups excluding tert-OH is 1. The Labute approximate surface area is 160 Å². The maximum absolute atomic E-state index is 13.5. The van der Waals surface area contributed by atoms with E-state index in [-0.39, 0.29) is 13.2 Å². The molecule has 0 spiro atoms. The molecule has 0 aliphatic carbocycles. The molecule has 0 aliphatic heterocycles. The molecule has 0 fully saturated rings. The lowest BCUT2D eigenvalue weighted by molar-refractivity contribution is 0.0323. The molecule has 0 saturated heterocycles. The molecule has 1 heterocycles. The highest BCUT2D eigenvalue weighted by Gasteiger charge is 2.48. The Bertz CT molecular complexity index is 563. The second kappa shape index (κ2) is 9.81. The highest BCUT2D eigenvalue weighted by molar-refractivity contribution is 8.00. The van der Waals surface area contributed by atoms with Crippen LogP contribution in [0.3, 0.4) is 0 Å². The van der Waals surface area contributed by atoms with Gasteiger partial charge in [0.2, 0.25) is 0 Å². The van der Waals surface area contributed by atoms with Crippen LogP contribution in [0.5, 0.6) is 0 Å². The maximum atomic E-state index is 13.5. The Morgan fingerprint density at radius 2 is 1.84 bits per heavy atom. The van der Waals surface area contributed by atoms with Crippen LogP contribution in [-0.2, 0) is 13.6 Å². The van der Waals surface area contributed by atoms with E-state index in [0.29, 0.717) is 5.69 Å². The van der Waals surface area contributed by atoms with Crippen molar-refractivity contribution in [1.82, 2.24) is 9.19 Å². The van der Waals surface area contributed by atoms with E-state index < -0.39 is 24.8 Å². The van der Waals surface area contributed by atoms with Crippen LogP contribution in [0, 0.1) is 5.41 Å². The zero-order chi connectivity index (χ0) is 19.3. The van der Waals surface area contributed by atoms with Gasteiger partial charge < -0.3 is 14.2 Å². The molecule has 0 amide bonds. The summed E-state index contributed by atoms with van der Waals surface area (Å²) in [5.74, 6) is 0. The third kappa shape index (κ3) is 5.27. The molecule has 0 bridgehead atoms. The summed E-state index contributed by atoms with van der Waals surface area (Å²) in [4.78, 5) is 0. The normalized spacial score (nSPS) is 15.4. The summed E-state index contributed by atoms with van der Waals surface area (Å²) >= 11 is 3.00. The molecule has 1 N–H and O–H groups in total. The lowest BCUT2D eigenvalue weighted by Gasteiger charge is -2.37. The second-order valence-electron chi connectivity index (χ2n) is 6.27. The Hall–Kier alpha value is 0.0200.